The van der Waals surface area contributed by atoms with Crippen LogP contribution in [-0.4, -0.2) is 31.2 Å². The molecule has 0 saturated heterocycles. The zero-order chi connectivity index (χ0) is 15.1. The molecule has 23 heavy (non-hydrogen) atoms. The molecule has 1 heterocycles. The first-order valence-corrected chi connectivity index (χ1v) is 8.94. The van der Waals surface area contributed by atoms with Gasteiger partial charge in [-0.1, -0.05) is 0 Å². The molecule has 4 aliphatic carbocycles. The summed E-state index contributed by atoms with van der Waals surface area (Å²) in [6.07, 6.45) is 6.62. The number of ether oxygens (including phenoxy) is 1. The van der Waals surface area contributed by atoms with Crippen LogP contribution in [0, 0.1) is 23.7 Å². The average molecular weight is 335 g/mol. The van der Waals surface area contributed by atoms with Crippen LogP contribution in [0.25, 0.3) is 5.76 Å². The Morgan fingerprint density at radius 3 is 2.35 bits per heavy atom. The first-order valence-electron chi connectivity index (χ1n) is 8.94. The molecule has 0 aliphatic heterocycles. The summed E-state index contributed by atoms with van der Waals surface area (Å²) in [4.78, 5) is 5.78. The minimum absolute atomic E-state index is 0. The summed E-state index contributed by atoms with van der Waals surface area (Å²) in [5, 5.41) is 0. The standard InChI is InChI=1S/C19H26N2O.ClH/c1-3-21(4-2)9-10-22-19(13-5-7-20-8-6-13)17-14-11-15-16(12-14)18(15)17;/h5-8,14-16,18H,3-4,9-12H2,1-2H3;1H/b19-17-;. The molecule has 5 rings (SSSR count). The molecule has 0 amide bonds. The van der Waals surface area contributed by atoms with Crippen molar-refractivity contribution in [2.24, 2.45) is 23.7 Å². The van der Waals surface area contributed by atoms with Crippen molar-refractivity contribution >= 4 is 5.76 Å². The largest absolute Gasteiger partial charge is 1.00 e. The molecule has 1 N–H and O–H groups in total. The maximum atomic E-state index is 6.37. The molecule has 2 atom stereocenters. The maximum absolute atomic E-state index is 6.37. The van der Waals surface area contributed by atoms with Crippen LogP contribution in [0.2, 0.25) is 0 Å². The van der Waals surface area contributed by atoms with Crippen LogP contribution in [0.15, 0.2) is 30.1 Å². The lowest BCUT2D eigenvalue weighted by Gasteiger charge is -2.19. The van der Waals surface area contributed by atoms with E-state index in [1.54, 1.807) is 10.5 Å². The zero-order valence-corrected chi connectivity index (χ0v) is 14.9. The number of nitrogens with one attached hydrogen (secondary N) is 1. The topological polar surface area (TPSA) is 26.6 Å². The molecule has 4 aliphatic rings. The van der Waals surface area contributed by atoms with Gasteiger partial charge in [-0.2, -0.15) is 0 Å². The molecule has 1 aromatic heterocycles. The normalized spacial score (nSPS) is 32.0. The molecule has 4 saturated carbocycles. The van der Waals surface area contributed by atoms with Gasteiger partial charge in [0.15, 0.2) is 0 Å². The minimum Gasteiger partial charge on any atom is -1.00 e. The van der Waals surface area contributed by atoms with Crippen molar-refractivity contribution in [1.29, 1.82) is 0 Å². The minimum atomic E-state index is 0. The Morgan fingerprint density at radius 2 is 1.83 bits per heavy atom. The Hall–Kier alpha value is -1.06. The van der Waals surface area contributed by atoms with Crippen LogP contribution >= 0.6 is 0 Å². The van der Waals surface area contributed by atoms with Gasteiger partial charge in [-0.25, -0.2) is 0 Å². The van der Waals surface area contributed by atoms with E-state index in [9.17, 15) is 0 Å². The molecule has 3 nitrogen and oxygen atoms in total. The van der Waals surface area contributed by atoms with E-state index in [4.69, 9.17) is 4.74 Å². The van der Waals surface area contributed by atoms with Gasteiger partial charge in [0.2, 0.25) is 0 Å². The van der Waals surface area contributed by atoms with Crippen LogP contribution in [0.5, 0.6) is 0 Å². The molecule has 4 bridgehead atoms. The molecule has 0 aromatic carbocycles. The van der Waals surface area contributed by atoms with Crippen LogP contribution in [0.4, 0.5) is 0 Å². The monoisotopic (exact) mass is 334 g/mol. The van der Waals surface area contributed by atoms with E-state index in [1.165, 1.54) is 37.3 Å². The summed E-state index contributed by atoms with van der Waals surface area (Å²) in [5.74, 6) is 4.85. The van der Waals surface area contributed by atoms with Gasteiger partial charge in [0.05, 0.1) is 13.1 Å². The summed E-state index contributed by atoms with van der Waals surface area (Å²) >= 11 is 0. The fraction of sp³-hybridized carbons (Fsp3) is 0.632. The van der Waals surface area contributed by atoms with E-state index >= 15 is 0 Å². The second-order valence-electron chi connectivity index (χ2n) is 7.10. The molecule has 0 spiro atoms. The highest BCUT2D eigenvalue weighted by atomic mass is 35.5. The molecule has 126 valence electrons. The first kappa shape index (κ1) is 16.8. The number of hydrogen-bond acceptors (Lipinski definition) is 2. The van der Waals surface area contributed by atoms with Crippen LogP contribution in [-0.2, 0) is 4.74 Å². The van der Waals surface area contributed by atoms with Gasteiger partial charge in [-0.05, 0) is 68.1 Å². The Bertz CT molecular complexity index is 554. The van der Waals surface area contributed by atoms with E-state index in [1.807, 2.05) is 12.4 Å². The number of halogens is 1. The van der Waals surface area contributed by atoms with Gasteiger partial charge in [-0.15, -0.1) is 0 Å². The third-order valence-corrected chi connectivity index (χ3v) is 6.15. The van der Waals surface area contributed by atoms with Crippen LogP contribution < -0.4 is 17.3 Å². The van der Waals surface area contributed by atoms with Crippen LogP contribution in [0.1, 0.15) is 32.3 Å². The van der Waals surface area contributed by atoms with Gasteiger partial charge in [-0.3, -0.25) is 4.98 Å². The van der Waals surface area contributed by atoms with Crippen molar-refractivity contribution in [3.8, 4) is 0 Å². The Kier molecular flexibility index (Phi) is 4.98. The molecular formula is C19H27ClN2O. The van der Waals surface area contributed by atoms with E-state index in [2.05, 4.69) is 31.0 Å². The fourth-order valence-corrected chi connectivity index (χ4v) is 4.90. The molecular weight excluding hydrogens is 308 g/mol. The second-order valence-corrected chi connectivity index (χ2v) is 7.10. The highest BCUT2D eigenvalue weighted by Crippen LogP contribution is 2.74. The summed E-state index contributed by atoms with van der Waals surface area (Å²) in [6.45, 7) is 8.78. The van der Waals surface area contributed by atoms with Crippen molar-refractivity contribution in [3.63, 3.8) is 0 Å². The van der Waals surface area contributed by atoms with Gasteiger partial charge < -0.3 is 22.0 Å². The molecule has 4 fully saturated rings. The van der Waals surface area contributed by atoms with E-state index < -0.39 is 0 Å². The van der Waals surface area contributed by atoms with Crippen molar-refractivity contribution in [1.82, 2.24) is 4.98 Å². The van der Waals surface area contributed by atoms with Crippen molar-refractivity contribution in [3.05, 3.63) is 35.7 Å². The number of hydrogen-bond donors (Lipinski definition) is 1. The van der Waals surface area contributed by atoms with Crippen molar-refractivity contribution in [2.45, 2.75) is 26.7 Å². The summed E-state index contributed by atoms with van der Waals surface area (Å²) in [6, 6.07) is 4.22. The first-order chi connectivity index (χ1) is 10.8. The highest BCUT2D eigenvalue weighted by molar-refractivity contribution is 5.67. The maximum Gasteiger partial charge on any atom is 0.137 e. The molecule has 1 aromatic rings. The quantitative estimate of drug-likeness (QED) is 0.649. The van der Waals surface area contributed by atoms with Crippen molar-refractivity contribution in [2.75, 3.05) is 26.2 Å². The predicted octanol–water partition coefficient (Wildman–Crippen LogP) is -0.976. The number of likely N-dealkylation sites (N-methyl/N-ethyl adjacent to an activating group) is 1. The number of aromatic nitrogens is 1. The third kappa shape index (κ3) is 2.89. The van der Waals surface area contributed by atoms with Gasteiger partial charge in [0.1, 0.15) is 18.9 Å². The number of pyridine rings is 1. The molecule has 0 radical (unpaired) electrons. The summed E-state index contributed by atoms with van der Waals surface area (Å²) < 4.78 is 6.37. The SMILES string of the molecule is CC[NH+](CC)CCO/C(=C1/C2CC3C(C2)C13)c1ccncc1.[Cl-]. The van der Waals surface area contributed by atoms with Gasteiger partial charge in [0.25, 0.3) is 0 Å². The average Bonchev–Trinajstić information content (AvgIpc) is 2.93. The zero-order valence-electron chi connectivity index (χ0n) is 14.1. The number of allylic oxidation sites excluding steroid dienone is 1. The van der Waals surface area contributed by atoms with Gasteiger partial charge in [0, 0.05) is 18.0 Å². The molecule has 2 unspecified atom stereocenters. The summed E-state index contributed by atoms with van der Waals surface area (Å²) in [7, 11) is 0. The lowest BCUT2D eigenvalue weighted by atomic mass is 10.0. The highest BCUT2D eigenvalue weighted by Gasteiger charge is 2.66. The Labute approximate surface area is 145 Å². The number of nitrogens with zero attached hydrogens (tertiary/aromatic N) is 1. The fourth-order valence-electron chi connectivity index (χ4n) is 4.90. The number of quaternary nitrogens is 1. The Balaban J connectivity index is 0.00000156. The van der Waals surface area contributed by atoms with E-state index in [0.29, 0.717) is 0 Å². The van der Waals surface area contributed by atoms with E-state index in [-0.39, 0.29) is 12.4 Å². The predicted molar refractivity (Wildman–Crippen MR) is 87.2 cm³/mol. The molecule has 4 heteroatoms. The smallest absolute Gasteiger partial charge is 0.137 e. The lowest BCUT2D eigenvalue weighted by Crippen LogP contribution is -3.11. The van der Waals surface area contributed by atoms with Gasteiger partial charge >= 0.3 is 0 Å². The lowest BCUT2D eigenvalue weighted by molar-refractivity contribution is -0.896. The summed E-state index contributed by atoms with van der Waals surface area (Å²) in [5.41, 5.74) is 2.88. The second kappa shape index (κ2) is 6.82. The van der Waals surface area contributed by atoms with E-state index in [0.717, 1.165) is 36.8 Å². The third-order valence-electron chi connectivity index (χ3n) is 6.15. The van der Waals surface area contributed by atoms with Crippen molar-refractivity contribution < 1.29 is 22.0 Å². The Morgan fingerprint density at radius 1 is 1.17 bits per heavy atom. The van der Waals surface area contributed by atoms with Crippen LogP contribution in [0.3, 0.4) is 0 Å². The number of rotatable bonds is 7.